The van der Waals surface area contributed by atoms with Crippen LogP contribution in [0.25, 0.3) is 22.0 Å². The lowest BCUT2D eigenvalue weighted by Gasteiger charge is -2.32. The number of likely N-dealkylation sites (tertiary alicyclic amines) is 1. The molecular formula is C27H27F3N4OS. The number of hydrogen-bond acceptors (Lipinski definition) is 6. The number of nitrogens with zero attached hydrogens (tertiary/aromatic N) is 3. The van der Waals surface area contributed by atoms with Crippen molar-refractivity contribution >= 4 is 28.1 Å². The molecule has 1 saturated heterocycles. The standard InChI is InChI=1S/C27H27F3N4OS/c1-35-21-4-2-3-19(13-21)16-34-10-7-18(8-11-34)14-31-26-22-5-6-24(27(28,29)30)33-25(22)23(15-32-26)20-9-12-36-17-20/h2-6,9,12-13,15,17-18H,7-8,10-11,14,16H2,1H3,(H,31,32). The molecule has 0 bridgehead atoms. The highest BCUT2D eigenvalue weighted by molar-refractivity contribution is 7.08. The van der Waals surface area contributed by atoms with Crippen LogP contribution in [0.2, 0.25) is 0 Å². The van der Waals surface area contributed by atoms with E-state index in [-0.39, 0.29) is 0 Å². The zero-order valence-corrected chi connectivity index (χ0v) is 20.7. The second-order valence-corrected chi connectivity index (χ2v) is 9.85. The van der Waals surface area contributed by atoms with Gasteiger partial charge in [-0.15, -0.1) is 0 Å². The van der Waals surface area contributed by atoms with E-state index in [0.717, 1.165) is 49.9 Å². The predicted octanol–water partition coefficient (Wildman–Crippen LogP) is 6.71. The molecule has 5 rings (SSSR count). The number of benzene rings is 1. The van der Waals surface area contributed by atoms with Gasteiger partial charge in [0.25, 0.3) is 0 Å². The van der Waals surface area contributed by atoms with Crippen LogP contribution in [-0.2, 0) is 12.7 Å². The molecule has 188 valence electrons. The van der Waals surface area contributed by atoms with Gasteiger partial charge in [-0.25, -0.2) is 9.97 Å². The number of pyridine rings is 2. The van der Waals surface area contributed by atoms with Crippen molar-refractivity contribution in [1.82, 2.24) is 14.9 Å². The summed E-state index contributed by atoms with van der Waals surface area (Å²) in [5, 5.41) is 7.79. The van der Waals surface area contributed by atoms with Gasteiger partial charge in [0.1, 0.15) is 17.3 Å². The van der Waals surface area contributed by atoms with Gasteiger partial charge in [0.05, 0.1) is 12.6 Å². The van der Waals surface area contributed by atoms with Crippen LogP contribution < -0.4 is 10.1 Å². The van der Waals surface area contributed by atoms with E-state index in [1.165, 1.54) is 23.0 Å². The number of anilines is 1. The molecule has 1 fully saturated rings. The molecule has 0 amide bonds. The van der Waals surface area contributed by atoms with Gasteiger partial charge in [0.15, 0.2) is 0 Å². The van der Waals surface area contributed by atoms with Gasteiger partial charge in [-0.05, 0) is 84.1 Å². The summed E-state index contributed by atoms with van der Waals surface area (Å²) in [7, 11) is 1.68. The van der Waals surface area contributed by atoms with E-state index in [2.05, 4.69) is 32.3 Å². The van der Waals surface area contributed by atoms with E-state index in [4.69, 9.17) is 4.74 Å². The Morgan fingerprint density at radius 3 is 2.69 bits per heavy atom. The molecule has 0 atom stereocenters. The molecule has 5 nitrogen and oxygen atoms in total. The van der Waals surface area contributed by atoms with E-state index >= 15 is 0 Å². The Bertz CT molecular complexity index is 1320. The highest BCUT2D eigenvalue weighted by atomic mass is 32.1. The summed E-state index contributed by atoms with van der Waals surface area (Å²) in [6.07, 6.45) is -0.802. The van der Waals surface area contributed by atoms with Gasteiger partial charge < -0.3 is 10.1 Å². The van der Waals surface area contributed by atoms with Crippen LogP contribution in [0.3, 0.4) is 0 Å². The zero-order valence-electron chi connectivity index (χ0n) is 19.9. The van der Waals surface area contributed by atoms with Crippen molar-refractivity contribution < 1.29 is 17.9 Å². The lowest BCUT2D eigenvalue weighted by atomic mass is 9.96. The first kappa shape index (κ1) is 24.5. The van der Waals surface area contributed by atoms with E-state index in [1.54, 1.807) is 13.3 Å². The Labute approximate surface area is 212 Å². The fraction of sp³-hybridized carbons (Fsp3) is 0.333. The average molecular weight is 513 g/mol. The monoisotopic (exact) mass is 512 g/mol. The first-order chi connectivity index (χ1) is 17.4. The maximum absolute atomic E-state index is 13.4. The maximum atomic E-state index is 13.4. The molecule has 36 heavy (non-hydrogen) atoms. The summed E-state index contributed by atoms with van der Waals surface area (Å²) in [6, 6.07) is 12.5. The first-order valence-corrected chi connectivity index (χ1v) is 12.8. The molecule has 0 unspecified atom stereocenters. The summed E-state index contributed by atoms with van der Waals surface area (Å²) < 4.78 is 45.5. The minimum absolute atomic E-state index is 0.314. The molecule has 3 aromatic heterocycles. The van der Waals surface area contributed by atoms with Crippen molar-refractivity contribution in [3.8, 4) is 16.9 Å². The number of methoxy groups -OCH3 is 1. The van der Waals surface area contributed by atoms with Crippen molar-refractivity contribution in [2.75, 3.05) is 32.1 Å². The summed E-state index contributed by atoms with van der Waals surface area (Å²) >= 11 is 1.48. The summed E-state index contributed by atoms with van der Waals surface area (Å²) in [5.74, 6) is 1.90. The number of ether oxygens (including phenoxy) is 1. The smallest absolute Gasteiger partial charge is 0.433 e. The van der Waals surface area contributed by atoms with E-state index in [0.29, 0.717) is 34.7 Å². The number of rotatable bonds is 7. The molecule has 0 saturated carbocycles. The Hall–Kier alpha value is -3.17. The fourth-order valence-electron chi connectivity index (χ4n) is 4.66. The van der Waals surface area contributed by atoms with Crippen molar-refractivity contribution in [3.63, 3.8) is 0 Å². The van der Waals surface area contributed by atoms with Crippen LogP contribution >= 0.6 is 11.3 Å². The number of halogens is 3. The van der Waals surface area contributed by atoms with Gasteiger partial charge in [-0.1, -0.05) is 12.1 Å². The van der Waals surface area contributed by atoms with Crippen LogP contribution in [0, 0.1) is 5.92 Å². The largest absolute Gasteiger partial charge is 0.497 e. The molecule has 1 N–H and O–H groups in total. The lowest BCUT2D eigenvalue weighted by molar-refractivity contribution is -0.140. The Morgan fingerprint density at radius 1 is 1.14 bits per heavy atom. The minimum atomic E-state index is -4.50. The zero-order chi connectivity index (χ0) is 25.1. The lowest BCUT2D eigenvalue weighted by Crippen LogP contribution is -2.35. The topological polar surface area (TPSA) is 50.3 Å². The average Bonchev–Trinajstić information content (AvgIpc) is 3.42. The number of alkyl halides is 3. The highest BCUT2D eigenvalue weighted by Gasteiger charge is 2.33. The molecule has 0 aliphatic carbocycles. The number of hydrogen-bond donors (Lipinski definition) is 1. The molecule has 0 spiro atoms. The van der Waals surface area contributed by atoms with Crippen molar-refractivity contribution in [1.29, 1.82) is 0 Å². The number of piperidine rings is 1. The number of nitrogens with one attached hydrogen (secondary N) is 1. The second kappa shape index (κ2) is 10.4. The summed E-state index contributed by atoms with van der Waals surface area (Å²) in [4.78, 5) is 11.0. The van der Waals surface area contributed by atoms with Gasteiger partial charge in [0.2, 0.25) is 0 Å². The third kappa shape index (κ3) is 5.47. The first-order valence-electron chi connectivity index (χ1n) is 11.9. The minimum Gasteiger partial charge on any atom is -0.497 e. The van der Waals surface area contributed by atoms with Gasteiger partial charge in [0, 0.05) is 30.2 Å². The van der Waals surface area contributed by atoms with E-state index in [9.17, 15) is 13.2 Å². The van der Waals surface area contributed by atoms with E-state index in [1.807, 2.05) is 29.0 Å². The third-order valence-electron chi connectivity index (χ3n) is 6.66. The molecule has 9 heteroatoms. The second-order valence-electron chi connectivity index (χ2n) is 9.07. The Morgan fingerprint density at radius 2 is 1.97 bits per heavy atom. The number of thiophene rings is 1. The molecule has 1 aliphatic rings. The SMILES string of the molecule is COc1cccc(CN2CCC(CNc3ncc(-c4ccsc4)c4nc(C(F)(F)F)ccc34)CC2)c1. The van der Waals surface area contributed by atoms with Crippen LogP contribution in [-0.4, -0.2) is 41.6 Å². The molecule has 4 aromatic rings. The Kier molecular flexibility index (Phi) is 7.11. The van der Waals surface area contributed by atoms with Crippen molar-refractivity contribution in [2.45, 2.75) is 25.6 Å². The number of aromatic nitrogens is 2. The quantitative estimate of drug-likeness (QED) is 0.298. The van der Waals surface area contributed by atoms with Crippen LogP contribution in [0.15, 0.2) is 59.4 Å². The third-order valence-corrected chi connectivity index (χ3v) is 7.34. The fourth-order valence-corrected chi connectivity index (χ4v) is 5.32. The van der Waals surface area contributed by atoms with E-state index < -0.39 is 11.9 Å². The molecular weight excluding hydrogens is 485 g/mol. The molecule has 4 heterocycles. The summed E-state index contributed by atoms with van der Waals surface area (Å²) in [6.45, 7) is 3.59. The van der Waals surface area contributed by atoms with Gasteiger partial charge in [-0.2, -0.15) is 24.5 Å². The maximum Gasteiger partial charge on any atom is 0.433 e. The van der Waals surface area contributed by atoms with Gasteiger partial charge >= 0.3 is 6.18 Å². The summed E-state index contributed by atoms with van der Waals surface area (Å²) in [5.41, 5.74) is 2.08. The van der Waals surface area contributed by atoms with Crippen molar-refractivity contribution in [2.24, 2.45) is 5.92 Å². The van der Waals surface area contributed by atoms with Crippen LogP contribution in [0.5, 0.6) is 5.75 Å². The highest BCUT2D eigenvalue weighted by Crippen LogP contribution is 2.35. The Balaban J connectivity index is 1.27. The molecule has 1 aliphatic heterocycles. The van der Waals surface area contributed by atoms with Gasteiger partial charge in [-0.3, -0.25) is 4.90 Å². The van der Waals surface area contributed by atoms with Crippen LogP contribution in [0.4, 0.5) is 19.0 Å². The normalized spacial score (nSPS) is 15.3. The van der Waals surface area contributed by atoms with Crippen molar-refractivity contribution in [3.05, 3.63) is 70.7 Å². The predicted molar refractivity (Wildman–Crippen MR) is 137 cm³/mol. The van der Waals surface area contributed by atoms with Crippen LogP contribution in [0.1, 0.15) is 24.1 Å². The molecule has 1 aromatic carbocycles. The molecule has 0 radical (unpaired) electrons. The number of fused-ring (bicyclic) bond motifs is 1.